The second kappa shape index (κ2) is 4.34. The molecule has 0 aliphatic heterocycles. The van der Waals surface area contributed by atoms with Gasteiger partial charge in [-0.05, 0) is 12.1 Å². The van der Waals surface area contributed by atoms with E-state index in [-0.39, 0.29) is 22.5 Å². The fourth-order valence-electron chi connectivity index (χ4n) is 1.93. The Labute approximate surface area is 110 Å². The molecule has 1 aromatic carbocycles. The van der Waals surface area contributed by atoms with Gasteiger partial charge >= 0.3 is 0 Å². The van der Waals surface area contributed by atoms with Crippen LogP contribution in [0.2, 0.25) is 0 Å². The molecule has 0 fully saturated rings. The van der Waals surface area contributed by atoms with Crippen molar-refractivity contribution in [3.63, 3.8) is 0 Å². The van der Waals surface area contributed by atoms with E-state index in [4.69, 9.17) is 4.74 Å². The Kier molecular flexibility index (Phi) is 2.63. The predicted molar refractivity (Wildman–Crippen MR) is 68.8 cm³/mol. The van der Waals surface area contributed by atoms with E-state index in [9.17, 15) is 14.0 Å². The molecule has 3 rings (SSSR count). The molecule has 8 heteroatoms. The number of nitrogens with zero attached hydrogens (tertiary/aromatic N) is 2. The molecule has 2 aromatic heterocycles. The minimum Gasteiger partial charge on any atom is -0.494 e. The van der Waals surface area contributed by atoms with Crippen molar-refractivity contribution in [2.75, 3.05) is 7.11 Å². The van der Waals surface area contributed by atoms with Crippen LogP contribution in [0, 0.1) is 5.82 Å². The highest BCUT2D eigenvalue weighted by Gasteiger charge is 2.16. The quantitative estimate of drug-likeness (QED) is 0.715. The maximum atomic E-state index is 14.0. The first-order chi connectivity index (χ1) is 9.61. The van der Waals surface area contributed by atoms with Crippen LogP contribution in [0.1, 0.15) is 0 Å². The number of hydrogen-bond donors (Lipinski definition) is 2. The van der Waals surface area contributed by atoms with Crippen molar-refractivity contribution >= 4 is 11.0 Å². The zero-order valence-corrected chi connectivity index (χ0v) is 10.3. The second-order valence-electron chi connectivity index (χ2n) is 4.03. The van der Waals surface area contributed by atoms with Gasteiger partial charge in [0, 0.05) is 6.07 Å². The van der Waals surface area contributed by atoms with E-state index in [1.54, 1.807) is 0 Å². The smallest absolute Gasteiger partial charge is 0.292 e. The zero-order chi connectivity index (χ0) is 14.3. The number of halogens is 1. The summed E-state index contributed by atoms with van der Waals surface area (Å²) in [7, 11) is 1.35. The summed E-state index contributed by atoms with van der Waals surface area (Å²) in [5, 5.41) is 8.70. The van der Waals surface area contributed by atoms with Crippen LogP contribution in [0.5, 0.6) is 5.75 Å². The number of nitrogens with one attached hydrogen (secondary N) is 2. The topological polar surface area (TPSA) is 92.8 Å². The Balaban J connectivity index is 2.40. The second-order valence-corrected chi connectivity index (χ2v) is 4.03. The van der Waals surface area contributed by atoms with Gasteiger partial charge in [-0.25, -0.2) is 4.39 Å². The van der Waals surface area contributed by atoms with Crippen LogP contribution in [0.3, 0.4) is 0 Å². The normalized spacial score (nSPS) is 10.9. The molecule has 2 N–H and O–H groups in total. The number of benzene rings is 1. The van der Waals surface area contributed by atoms with Crippen LogP contribution in [0.25, 0.3) is 16.7 Å². The lowest BCUT2D eigenvalue weighted by Crippen LogP contribution is -2.22. The fraction of sp³-hybridized carbons (Fsp3) is 0.0833. The molecule has 0 unspecified atom stereocenters. The highest BCUT2D eigenvalue weighted by molar-refractivity contribution is 5.72. The van der Waals surface area contributed by atoms with Gasteiger partial charge in [0.05, 0.1) is 12.6 Å². The van der Waals surface area contributed by atoms with Crippen LogP contribution in [0.15, 0.2) is 33.9 Å². The van der Waals surface area contributed by atoms with Gasteiger partial charge in [0.15, 0.2) is 11.3 Å². The van der Waals surface area contributed by atoms with E-state index in [2.05, 4.69) is 15.3 Å². The number of aromatic nitrogens is 4. The molecule has 0 spiro atoms. The minimum absolute atomic E-state index is 0.00917. The van der Waals surface area contributed by atoms with Gasteiger partial charge in [0.2, 0.25) is 0 Å². The molecule has 102 valence electrons. The van der Waals surface area contributed by atoms with Crippen molar-refractivity contribution in [3.05, 3.63) is 50.8 Å². The highest BCUT2D eigenvalue weighted by atomic mass is 19.1. The van der Waals surface area contributed by atoms with E-state index < -0.39 is 16.9 Å². The van der Waals surface area contributed by atoms with Gasteiger partial charge in [-0.2, -0.15) is 9.78 Å². The number of para-hydroxylation sites is 1. The van der Waals surface area contributed by atoms with E-state index in [0.717, 1.165) is 10.7 Å². The first-order valence-electron chi connectivity index (χ1n) is 5.65. The summed E-state index contributed by atoms with van der Waals surface area (Å²) in [6.45, 7) is 0. The lowest BCUT2D eigenvalue weighted by molar-refractivity contribution is 0.406. The van der Waals surface area contributed by atoms with Gasteiger partial charge in [0.1, 0.15) is 11.4 Å². The highest BCUT2D eigenvalue weighted by Crippen LogP contribution is 2.23. The lowest BCUT2D eigenvalue weighted by Gasteiger charge is -2.10. The van der Waals surface area contributed by atoms with Crippen molar-refractivity contribution < 1.29 is 9.13 Å². The molecule has 0 amide bonds. The molecular weight excluding hydrogens is 267 g/mol. The first-order valence-corrected chi connectivity index (χ1v) is 5.65. The molecule has 0 aliphatic rings. The summed E-state index contributed by atoms with van der Waals surface area (Å²) in [5.74, 6) is -0.531. The molecule has 0 aliphatic carbocycles. The van der Waals surface area contributed by atoms with Crippen molar-refractivity contribution in [1.82, 2.24) is 20.0 Å². The lowest BCUT2D eigenvalue weighted by atomic mass is 10.2. The van der Waals surface area contributed by atoms with Gasteiger partial charge in [-0.1, -0.05) is 6.07 Å². The average Bonchev–Trinajstić information content (AvgIpc) is 2.79. The summed E-state index contributed by atoms with van der Waals surface area (Å²) < 4.78 is 19.8. The Morgan fingerprint density at radius 1 is 1.30 bits per heavy atom. The molecule has 3 aromatic rings. The summed E-state index contributed by atoms with van der Waals surface area (Å²) >= 11 is 0. The average molecular weight is 276 g/mol. The molecule has 20 heavy (non-hydrogen) atoms. The number of ether oxygens (including phenoxy) is 1. The summed E-state index contributed by atoms with van der Waals surface area (Å²) in [6, 6.07) is 5.28. The molecule has 0 saturated heterocycles. The molecule has 0 radical (unpaired) electrons. The number of methoxy groups -OCH3 is 1. The maximum absolute atomic E-state index is 14.0. The SMILES string of the molecule is COc1cccc(F)c1-n1nc2c(=O)[nH][nH]c2cc1=O. The van der Waals surface area contributed by atoms with Gasteiger partial charge in [-0.15, -0.1) is 0 Å². The largest absolute Gasteiger partial charge is 0.494 e. The predicted octanol–water partition coefficient (Wildman–Crippen LogP) is 0.550. The van der Waals surface area contributed by atoms with Crippen LogP contribution in [-0.2, 0) is 0 Å². The Morgan fingerprint density at radius 3 is 2.85 bits per heavy atom. The van der Waals surface area contributed by atoms with Crippen LogP contribution >= 0.6 is 0 Å². The van der Waals surface area contributed by atoms with Crippen molar-refractivity contribution in [1.29, 1.82) is 0 Å². The van der Waals surface area contributed by atoms with Crippen molar-refractivity contribution in [2.45, 2.75) is 0 Å². The van der Waals surface area contributed by atoms with Gasteiger partial charge in [0.25, 0.3) is 11.1 Å². The minimum atomic E-state index is -0.676. The molecule has 0 bridgehead atoms. The number of rotatable bonds is 2. The van der Waals surface area contributed by atoms with Gasteiger partial charge in [-0.3, -0.25) is 19.8 Å². The molecule has 0 atom stereocenters. The third kappa shape index (κ3) is 1.69. The first kappa shape index (κ1) is 12.2. The fourth-order valence-corrected chi connectivity index (χ4v) is 1.93. The van der Waals surface area contributed by atoms with Crippen LogP contribution in [0.4, 0.5) is 4.39 Å². The zero-order valence-electron chi connectivity index (χ0n) is 10.3. The maximum Gasteiger partial charge on any atom is 0.292 e. The third-order valence-corrected chi connectivity index (χ3v) is 2.84. The monoisotopic (exact) mass is 276 g/mol. The van der Waals surface area contributed by atoms with Crippen molar-refractivity contribution in [2.24, 2.45) is 0 Å². The number of fused-ring (bicyclic) bond motifs is 1. The van der Waals surface area contributed by atoms with E-state index in [0.29, 0.717) is 0 Å². The number of hydrogen-bond acceptors (Lipinski definition) is 4. The Hall–Kier alpha value is -2.90. The van der Waals surface area contributed by atoms with Crippen molar-refractivity contribution in [3.8, 4) is 11.4 Å². The molecule has 0 saturated carbocycles. The Morgan fingerprint density at radius 2 is 2.10 bits per heavy atom. The molecule has 2 heterocycles. The van der Waals surface area contributed by atoms with E-state index in [1.165, 1.54) is 25.3 Å². The molecule has 7 nitrogen and oxygen atoms in total. The number of H-pyrrole nitrogens is 2. The summed E-state index contributed by atoms with van der Waals surface area (Å²) in [4.78, 5) is 23.5. The Bertz CT molecular complexity index is 909. The number of aromatic amines is 2. The molecular formula is C12H9FN4O3. The van der Waals surface area contributed by atoms with E-state index >= 15 is 0 Å². The van der Waals surface area contributed by atoms with Gasteiger partial charge < -0.3 is 4.74 Å². The van der Waals surface area contributed by atoms with Crippen LogP contribution in [-0.4, -0.2) is 27.1 Å². The van der Waals surface area contributed by atoms with Crippen LogP contribution < -0.4 is 15.9 Å². The summed E-state index contributed by atoms with van der Waals surface area (Å²) in [5.41, 5.74) is -0.954. The third-order valence-electron chi connectivity index (χ3n) is 2.84. The van der Waals surface area contributed by atoms with E-state index in [1.807, 2.05) is 0 Å². The standard InChI is InChI=1S/C12H9FN4O3/c1-20-8-4-2-3-6(13)11(8)17-9(18)5-7-10(16-17)12(19)15-14-7/h2-5,14H,1H3,(H,15,19). The summed E-state index contributed by atoms with van der Waals surface area (Å²) in [6.07, 6.45) is 0.